The van der Waals surface area contributed by atoms with Crippen molar-refractivity contribution in [3.05, 3.63) is 76.8 Å². The number of hydrogen-bond donors (Lipinski definition) is 4. The van der Waals surface area contributed by atoms with Crippen LogP contribution in [0.25, 0.3) is 0 Å². The molecule has 1 aliphatic rings. The number of imide groups is 1. The SMILES string of the molecule is CC(=O)Nc1nc(CN2C(=O)CN([C@H](C(=O)N[C@@H](Cc3ccccc3)[C@@H](O)CN(CC(C)C)S(=O)(=O)c3ccc(C=NO)cc3)C(C)C)C2=O)cs1. The summed E-state index contributed by atoms with van der Waals surface area (Å²) in [6, 6.07) is 12.1. The summed E-state index contributed by atoms with van der Waals surface area (Å²) in [6.07, 6.45) is -0.0773. The number of amides is 5. The fraction of sp³-hybridized carbons (Fsp3) is 0.429. The number of aliphatic hydroxyl groups excluding tert-OH is 1. The molecule has 0 spiro atoms. The van der Waals surface area contributed by atoms with Crippen molar-refractivity contribution < 1.29 is 37.9 Å². The number of nitrogens with one attached hydrogen (secondary N) is 2. The van der Waals surface area contributed by atoms with Crippen molar-refractivity contribution in [1.82, 2.24) is 24.4 Å². The average molecular weight is 756 g/mol. The summed E-state index contributed by atoms with van der Waals surface area (Å²) in [6.45, 7) is 7.73. The predicted octanol–water partition coefficient (Wildman–Crippen LogP) is 3.13. The number of thiazole rings is 1. The number of aliphatic hydroxyl groups is 1. The topological polar surface area (TPSA) is 202 Å². The molecule has 0 aliphatic carbocycles. The van der Waals surface area contributed by atoms with Crippen molar-refractivity contribution in [1.29, 1.82) is 0 Å². The number of urea groups is 1. The van der Waals surface area contributed by atoms with Crippen molar-refractivity contribution in [3.8, 4) is 0 Å². The number of anilines is 1. The van der Waals surface area contributed by atoms with E-state index in [1.165, 1.54) is 46.6 Å². The molecule has 3 atom stereocenters. The lowest BCUT2D eigenvalue weighted by molar-refractivity contribution is -0.129. The molecule has 0 bridgehead atoms. The van der Waals surface area contributed by atoms with E-state index >= 15 is 0 Å². The number of hydrogen-bond acceptors (Lipinski definition) is 11. The Morgan fingerprint density at radius 1 is 1.06 bits per heavy atom. The van der Waals surface area contributed by atoms with Gasteiger partial charge in [0.2, 0.25) is 21.8 Å². The van der Waals surface area contributed by atoms with Gasteiger partial charge in [0.1, 0.15) is 12.6 Å². The number of carbonyl (C=O) groups excluding carboxylic acids is 4. The summed E-state index contributed by atoms with van der Waals surface area (Å²) in [5, 5.41) is 30.9. The summed E-state index contributed by atoms with van der Waals surface area (Å²) in [7, 11) is -4.12. The Kier molecular flexibility index (Phi) is 13.6. The van der Waals surface area contributed by atoms with Crippen LogP contribution in [0.1, 0.15) is 51.4 Å². The van der Waals surface area contributed by atoms with E-state index in [1.54, 1.807) is 19.2 Å². The lowest BCUT2D eigenvalue weighted by Crippen LogP contribution is -2.57. The number of rotatable bonds is 17. The van der Waals surface area contributed by atoms with Crippen LogP contribution in [0.5, 0.6) is 0 Å². The third kappa shape index (κ3) is 10.2. The molecule has 15 nitrogen and oxygen atoms in total. The number of benzene rings is 2. The van der Waals surface area contributed by atoms with E-state index in [4.69, 9.17) is 5.21 Å². The molecule has 4 rings (SSSR count). The summed E-state index contributed by atoms with van der Waals surface area (Å²) in [5.74, 6) is -2.01. The van der Waals surface area contributed by atoms with Gasteiger partial charge in [-0.3, -0.25) is 19.3 Å². The van der Waals surface area contributed by atoms with Gasteiger partial charge in [0, 0.05) is 25.4 Å². The van der Waals surface area contributed by atoms with Gasteiger partial charge in [-0.05, 0) is 41.5 Å². The minimum atomic E-state index is -4.12. The molecule has 0 radical (unpaired) electrons. The minimum Gasteiger partial charge on any atom is -0.411 e. The first-order valence-electron chi connectivity index (χ1n) is 16.7. The van der Waals surface area contributed by atoms with E-state index < -0.39 is 52.0 Å². The van der Waals surface area contributed by atoms with Gasteiger partial charge < -0.3 is 25.8 Å². The predicted molar refractivity (Wildman–Crippen MR) is 195 cm³/mol. The molecule has 0 saturated carbocycles. The van der Waals surface area contributed by atoms with E-state index in [1.807, 2.05) is 44.2 Å². The Balaban J connectivity index is 1.58. The van der Waals surface area contributed by atoms with Gasteiger partial charge in [-0.25, -0.2) is 18.2 Å². The highest BCUT2D eigenvalue weighted by Crippen LogP contribution is 2.25. The Hall–Kier alpha value is -4.71. The Labute approximate surface area is 307 Å². The van der Waals surface area contributed by atoms with Gasteiger partial charge in [0.05, 0.1) is 35.5 Å². The molecule has 0 unspecified atom stereocenters. The van der Waals surface area contributed by atoms with E-state index in [9.17, 15) is 32.7 Å². The van der Waals surface area contributed by atoms with Crippen LogP contribution >= 0.6 is 11.3 Å². The molecular weight excluding hydrogens is 711 g/mol. The van der Waals surface area contributed by atoms with Crippen LogP contribution in [-0.4, -0.2) is 106 Å². The van der Waals surface area contributed by atoms with Gasteiger partial charge in [0.15, 0.2) is 5.13 Å². The summed E-state index contributed by atoms with van der Waals surface area (Å²) in [4.78, 5) is 58.7. The Morgan fingerprint density at radius 2 is 1.73 bits per heavy atom. The fourth-order valence-corrected chi connectivity index (χ4v) is 8.23. The lowest BCUT2D eigenvalue weighted by atomic mass is 9.97. The maximum absolute atomic E-state index is 14.1. The zero-order valence-corrected chi connectivity index (χ0v) is 31.3. The third-order valence-corrected chi connectivity index (χ3v) is 10.9. The molecule has 1 fully saturated rings. The van der Waals surface area contributed by atoms with Crippen molar-refractivity contribution in [2.45, 2.75) is 70.7 Å². The van der Waals surface area contributed by atoms with Crippen LogP contribution in [0.15, 0.2) is 70.0 Å². The zero-order chi connectivity index (χ0) is 38.2. The fourth-order valence-electron chi connectivity index (χ4n) is 5.86. The molecule has 280 valence electrons. The van der Waals surface area contributed by atoms with E-state index in [0.29, 0.717) is 16.4 Å². The molecular formula is C35H45N7O8S2. The first-order valence-corrected chi connectivity index (χ1v) is 19.1. The smallest absolute Gasteiger partial charge is 0.328 e. The maximum atomic E-state index is 14.1. The molecule has 17 heteroatoms. The minimum absolute atomic E-state index is 0.0234. The van der Waals surface area contributed by atoms with Crippen molar-refractivity contribution in [3.63, 3.8) is 0 Å². The zero-order valence-electron chi connectivity index (χ0n) is 29.7. The maximum Gasteiger partial charge on any atom is 0.328 e. The molecule has 1 aliphatic heterocycles. The molecule has 3 aromatic rings. The van der Waals surface area contributed by atoms with E-state index in [2.05, 4.69) is 20.8 Å². The van der Waals surface area contributed by atoms with Gasteiger partial charge >= 0.3 is 6.03 Å². The average Bonchev–Trinajstić information content (AvgIpc) is 3.63. The number of aromatic nitrogens is 1. The van der Waals surface area contributed by atoms with Crippen LogP contribution in [-0.2, 0) is 37.4 Å². The van der Waals surface area contributed by atoms with Crippen LogP contribution in [0.2, 0.25) is 0 Å². The highest BCUT2D eigenvalue weighted by atomic mass is 32.2. The molecule has 2 aromatic carbocycles. The number of carbonyl (C=O) groups is 4. The second-order valence-corrected chi connectivity index (χ2v) is 16.1. The monoisotopic (exact) mass is 755 g/mol. The highest BCUT2D eigenvalue weighted by molar-refractivity contribution is 7.89. The normalized spacial score (nSPS) is 15.6. The van der Waals surface area contributed by atoms with Crippen molar-refractivity contribution >= 4 is 56.5 Å². The third-order valence-electron chi connectivity index (χ3n) is 8.25. The van der Waals surface area contributed by atoms with Crippen LogP contribution < -0.4 is 10.6 Å². The van der Waals surface area contributed by atoms with E-state index in [-0.39, 0.29) is 49.3 Å². The van der Waals surface area contributed by atoms with Gasteiger partial charge in [-0.15, -0.1) is 11.3 Å². The van der Waals surface area contributed by atoms with Crippen LogP contribution in [0.4, 0.5) is 9.93 Å². The first kappa shape index (κ1) is 40.1. The summed E-state index contributed by atoms with van der Waals surface area (Å²) >= 11 is 1.15. The number of nitrogens with zero attached hydrogens (tertiary/aromatic N) is 5. The van der Waals surface area contributed by atoms with Gasteiger partial charge in [-0.2, -0.15) is 4.31 Å². The molecule has 1 aromatic heterocycles. The Morgan fingerprint density at radius 3 is 2.33 bits per heavy atom. The largest absolute Gasteiger partial charge is 0.411 e. The number of sulfonamides is 1. The molecule has 5 amide bonds. The second-order valence-electron chi connectivity index (χ2n) is 13.3. The van der Waals surface area contributed by atoms with Crippen molar-refractivity contribution in [2.24, 2.45) is 17.0 Å². The summed E-state index contributed by atoms with van der Waals surface area (Å²) < 4.78 is 28.9. The molecule has 4 N–H and O–H groups in total. The van der Waals surface area contributed by atoms with Gasteiger partial charge in [-0.1, -0.05) is 75.3 Å². The van der Waals surface area contributed by atoms with Crippen LogP contribution in [0.3, 0.4) is 0 Å². The highest BCUT2D eigenvalue weighted by Gasteiger charge is 2.44. The van der Waals surface area contributed by atoms with E-state index in [0.717, 1.165) is 21.8 Å². The lowest BCUT2D eigenvalue weighted by Gasteiger charge is -2.34. The van der Waals surface area contributed by atoms with Crippen molar-refractivity contribution in [2.75, 3.05) is 25.0 Å². The van der Waals surface area contributed by atoms with Gasteiger partial charge in [0.25, 0.3) is 5.91 Å². The second kappa shape index (κ2) is 17.7. The number of oxime groups is 1. The first-order chi connectivity index (χ1) is 24.6. The Bertz CT molecular complexity index is 1850. The molecule has 2 heterocycles. The summed E-state index contributed by atoms with van der Waals surface area (Å²) in [5.41, 5.74) is 1.65. The quantitative estimate of drug-likeness (QED) is 0.0691. The molecule has 1 saturated heterocycles. The standard InChI is InChI=1S/C35H45N7O8S2/c1-22(2)17-40(52(49,50)28-13-11-26(12-14-28)16-36-48)19-30(44)29(15-25-9-7-6-8-10-25)39-33(46)32(23(3)4)42-20-31(45)41(35(42)47)18-27-21-51-34(38-27)37-24(5)43/h6-14,16,21-23,29-30,32,44,48H,15,17-20H2,1-5H3,(H,39,46)(H,37,38,43)/t29-,30-,32-/m0/s1. The van der Waals surface area contributed by atoms with Crippen LogP contribution in [0, 0.1) is 11.8 Å². The molecule has 52 heavy (non-hydrogen) atoms.